The lowest BCUT2D eigenvalue weighted by atomic mass is 10.2. The highest BCUT2D eigenvalue weighted by Gasteiger charge is 2.23. The Hall–Kier alpha value is -2.24. The standard InChI is InChI=1S/C14H18N4O2/c1-9(13(19)18-6-2-3-7-18)15-10-4-5-11-12(8-10)17-14(20)16-11/h4-5,8-9,15H,2-3,6-7H2,1H3,(H2,16,17,20)/t9-/m0/s1. The number of benzene rings is 1. The van der Waals surface area contributed by atoms with Crippen LogP contribution in [0.3, 0.4) is 0 Å². The van der Waals surface area contributed by atoms with E-state index < -0.39 is 0 Å². The van der Waals surface area contributed by atoms with Crippen molar-refractivity contribution in [3.63, 3.8) is 0 Å². The lowest BCUT2D eigenvalue weighted by Gasteiger charge is -2.21. The molecule has 1 amide bonds. The van der Waals surface area contributed by atoms with Crippen LogP contribution in [0.1, 0.15) is 19.8 Å². The summed E-state index contributed by atoms with van der Waals surface area (Å²) in [5, 5.41) is 3.19. The van der Waals surface area contributed by atoms with Gasteiger partial charge in [0.05, 0.1) is 11.0 Å². The van der Waals surface area contributed by atoms with Crippen molar-refractivity contribution in [3.8, 4) is 0 Å². The van der Waals surface area contributed by atoms with Crippen molar-refractivity contribution in [2.24, 2.45) is 0 Å². The number of rotatable bonds is 3. The van der Waals surface area contributed by atoms with Crippen molar-refractivity contribution in [1.82, 2.24) is 14.9 Å². The number of carbonyl (C=O) groups is 1. The van der Waals surface area contributed by atoms with Crippen LogP contribution in [0, 0.1) is 0 Å². The molecule has 1 saturated heterocycles. The zero-order chi connectivity index (χ0) is 14.1. The van der Waals surface area contributed by atoms with E-state index in [1.54, 1.807) is 0 Å². The fourth-order valence-corrected chi connectivity index (χ4v) is 2.65. The van der Waals surface area contributed by atoms with E-state index >= 15 is 0 Å². The van der Waals surface area contributed by atoms with Gasteiger partial charge in [0.25, 0.3) is 0 Å². The fourth-order valence-electron chi connectivity index (χ4n) is 2.65. The van der Waals surface area contributed by atoms with E-state index in [1.165, 1.54) is 0 Å². The van der Waals surface area contributed by atoms with Gasteiger partial charge in [-0.05, 0) is 38.0 Å². The van der Waals surface area contributed by atoms with Gasteiger partial charge < -0.3 is 20.2 Å². The number of aromatic nitrogens is 2. The molecule has 106 valence electrons. The van der Waals surface area contributed by atoms with Gasteiger partial charge in [0.2, 0.25) is 5.91 Å². The van der Waals surface area contributed by atoms with Gasteiger partial charge in [-0.25, -0.2) is 4.79 Å². The molecule has 1 aromatic heterocycles. The smallest absolute Gasteiger partial charge is 0.323 e. The summed E-state index contributed by atoms with van der Waals surface area (Å²) in [6, 6.07) is 5.25. The maximum Gasteiger partial charge on any atom is 0.323 e. The second-order valence-electron chi connectivity index (χ2n) is 5.24. The number of fused-ring (bicyclic) bond motifs is 1. The molecular weight excluding hydrogens is 256 g/mol. The molecule has 3 rings (SSSR count). The molecule has 1 aliphatic rings. The third-order valence-corrected chi connectivity index (χ3v) is 3.69. The number of hydrogen-bond acceptors (Lipinski definition) is 3. The van der Waals surface area contributed by atoms with E-state index in [0.29, 0.717) is 0 Å². The first-order valence-electron chi connectivity index (χ1n) is 6.91. The number of carbonyl (C=O) groups excluding carboxylic acids is 1. The van der Waals surface area contributed by atoms with Gasteiger partial charge in [-0.1, -0.05) is 0 Å². The highest BCUT2D eigenvalue weighted by molar-refractivity contribution is 5.86. The number of imidazole rings is 1. The molecule has 2 aromatic rings. The minimum atomic E-state index is -0.267. The average Bonchev–Trinajstić information content (AvgIpc) is 3.05. The average molecular weight is 274 g/mol. The molecule has 0 aliphatic carbocycles. The van der Waals surface area contributed by atoms with Crippen LogP contribution in [0.4, 0.5) is 5.69 Å². The Morgan fingerprint density at radius 3 is 2.70 bits per heavy atom. The largest absolute Gasteiger partial charge is 0.374 e. The van der Waals surface area contributed by atoms with E-state index in [0.717, 1.165) is 42.7 Å². The Morgan fingerprint density at radius 1 is 1.25 bits per heavy atom. The zero-order valence-corrected chi connectivity index (χ0v) is 11.4. The van der Waals surface area contributed by atoms with Gasteiger partial charge in [0, 0.05) is 18.8 Å². The Balaban J connectivity index is 1.74. The van der Waals surface area contributed by atoms with Crippen LogP contribution in [0.2, 0.25) is 0 Å². The molecular formula is C14H18N4O2. The first-order valence-corrected chi connectivity index (χ1v) is 6.91. The number of anilines is 1. The summed E-state index contributed by atoms with van der Waals surface area (Å²) >= 11 is 0. The van der Waals surface area contributed by atoms with Crippen LogP contribution in [-0.2, 0) is 4.79 Å². The van der Waals surface area contributed by atoms with E-state index in [9.17, 15) is 9.59 Å². The molecule has 6 nitrogen and oxygen atoms in total. The third kappa shape index (κ3) is 2.41. The van der Waals surface area contributed by atoms with E-state index in [4.69, 9.17) is 0 Å². The monoisotopic (exact) mass is 274 g/mol. The second-order valence-corrected chi connectivity index (χ2v) is 5.24. The minimum absolute atomic E-state index is 0.130. The summed E-state index contributed by atoms with van der Waals surface area (Å²) < 4.78 is 0. The summed E-state index contributed by atoms with van der Waals surface area (Å²) in [6.45, 7) is 3.58. The summed E-state index contributed by atoms with van der Waals surface area (Å²) in [5.41, 5.74) is 2.10. The predicted molar refractivity (Wildman–Crippen MR) is 77.8 cm³/mol. The number of H-pyrrole nitrogens is 2. The van der Waals surface area contributed by atoms with Crippen LogP contribution >= 0.6 is 0 Å². The summed E-state index contributed by atoms with van der Waals surface area (Å²) in [7, 11) is 0. The molecule has 1 fully saturated rings. The van der Waals surface area contributed by atoms with Crippen LogP contribution < -0.4 is 11.0 Å². The molecule has 1 aromatic carbocycles. The van der Waals surface area contributed by atoms with Crippen LogP contribution in [0.15, 0.2) is 23.0 Å². The molecule has 1 aliphatic heterocycles. The van der Waals surface area contributed by atoms with Crippen LogP contribution in [0.25, 0.3) is 11.0 Å². The van der Waals surface area contributed by atoms with E-state index in [2.05, 4.69) is 15.3 Å². The number of hydrogen-bond donors (Lipinski definition) is 3. The molecule has 0 spiro atoms. The van der Waals surface area contributed by atoms with Crippen molar-refractivity contribution in [3.05, 3.63) is 28.7 Å². The Kier molecular flexibility index (Phi) is 3.22. The van der Waals surface area contributed by atoms with Crippen molar-refractivity contribution in [1.29, 1.82) is 0 Å². The molecule has 6 heteroatoms. The molecule has 0 radical (unpaired) electrons. The van der Waals surface area contributed by atoms with E-state index in [-0.39, 0.29) is 17.6 Å². The number of aromatic amines is 2. The summed E-state index contributed by atoms with van der Waals surface area (Å²) in [4.78, 5) is 30.7. The van der Waals surface area contributed by atoms with Gasteiger partial charge in [0.15, 0.2) is 0 Å². The lowest BCUT2D eigenvalue weighted by Crippen LogP contribution is -2.39. The highest BCUT2D eigenvalue weighted by Crippen LogP contribution is 2.17. The molecule has 2 heterocycles. The number of nitrogens with one attached hydrogen (secondary N) is 3. The van der Waals surface area contributed by atoms with Crippen LogP contribution in [0.5, 0.6) is 0 Å². The zero-order valence-electron chi connectivity index (χ0n) is 11.4. The topological polar surface area (TPSA) is 81.0 Å². The number of amides is 1. The Labute approximate surface area is 116 Å². The number of likely N-dealkylation sites (tertiary alicyclic amines) is 1. The second kappa shape index (κ2) is 5.03. The minimum Gasteiger partial charge on any atom is -0.374 e. The van der Waals surface area contributed by atoms with Gasteiger partial charge in [-0.3, -0.25) is 4.79 Å². The first kappa shape index (κ1) is 12.8. The molecule has 1 atom stereocenters. The van der Waals surface area contributed by atoms with Crippen molar-refractivity contribution in [2.45, 2.75) is 25.8 Å². The molecule has 0 unspecified atom stereocenters. The maximum atomic E-state index is 12.2. The van der Waals surface area contributed by atoms with Gasteiger partial charge >= 0.3 is 5.69 Å². The highest BCUT2D eigenvalue weighted by atomic mass is 16.2. The van der Waals surface area contributed by atoms with E-state index in [1.807, 2.05) is 30.0 Å². The van der Waals surface area contributed by atoms with Crippen molar-refractivity contribution < 1.29 is 4.79 Å². The Morgan fingerprint density at radius 2 is 1.95 bits per heavy atom. The van der Waals surface area contributed by atoms with Crippen molar-refractivity contribution in [2.75, 3.05) is 18.4 Å². The predicted octanol–water partition coefficient (Wildman–Crippen LogP) is 1.28. The summed E-state index contributed by atoms with van der Waals surface area (Å²) in [6.07, 6.45) is 2.18. The van der Waals surface area contributed by atoms with Gasteiger partial charge in [-0.2, -0.15) is 0 Å². The van der Waals surface area contributed by atoms with Crippen molar-refractivity contribution >= 4 is 22.6 Å². The third-order valence-electron chi connectivity index (χ3n) is 3.69. The fraction of sp³-hybridized carbons (Fsp3) is 0.429. The Bertz CT molecular complexity index is 682. The normalized spacial score (nSPS) is 16.6. The molecule has 0 bridgehead atoms. The molecule has 0 saturated carbocycles. The van der Waals surface area contributed by atoms with Crippen LogP contribution in [-0.4, -0.2) is 39.9 Å². The first-order chi connectivity index (χ1) is 9.63. The number of nitrogens with zero attached hydrogens (tertiary/aromatic N) is 1. The molecule has 20 heavy (non-hydrogen) atoms. The molecule has 3 N–H and O–H groups in total. The maximum absolute atomic E-state index is 12.2. The SMILES string of the molecule is C[C@H](Nc1ccc2[nH]c(=O)[nH]c2c1)C(=O)N1CCCC1. The summed E-state index contributed by atoms with van der Waals surface area (Å²) in [5.74, 6) is 0.130. The lowest BCUT2D eigenvalue weighted by molar-refractivity contribution is -0.130. The quantitative estimate of drug-likeness (QED) is 0.788. The van der Waals surface area contributed by atoms with Gasteiger partial charge in [-0.15, -0.1) is 0 Å². The van der Waals surface area contributed by atoms with Gasteiger partial charge in [0.1, 0.15) is 6.04 Å².